The molecule has 1 saturated heterocycles. The highest BCUT2D eigenvalue weighted by atomic mass is 35.5. The minimum Gasteiger partial charge on any atom is -0.486 e. The van der Waals surface area contributed by atoms with Gasteiger partial charge in [-0.3, -0.25) is 4.21 Å². The molecule has 0 radical (unpaired) electrons. The number of allylic oxidation sites excluding steroid dienone is 3. The van der Waals surface area contributed by atoms with Gasteiger partial charge in [0.15, 0.2) is 17.8 Å². The van der Waals surface area contributed by atoms with Gasteiger partial charge in [0, 0.05) is 35.9 Å². The highest BCUT2D eigenvalue weighted by Crippen LogP contribution is 2.42. The van der Waals surface area contributed by atoms with Crippen LogP contribution in [0.5, 0.6) is 5.75 Å². The van der Waals surface area contributed by atoms with E-state index < -0.39 is 51.2 Å². The summed E-state index contributed by atoms with van der Waals surface area (Å²) in [5.74, 6) is -3.73. The number of benzene rings is 2. The Morgan fingerprint density at radius 2 is 1.97 bits per heavy atom. The predicted molar refractivity (Wildman–Crippen MR) is 138 cm³/mol. The van der Waals surface area contributed by atoms with Gasteiger partial charge in [-0.05, 0) is 24.3 Å². The summed E-state index contributed by atoms with van der Waals surface area (Å²) in [5.41, 5.74) is -0.452. The van der Waals surface area contributed by atoms with E-state index in [4.69, 9.17) is 21.1 Å². The van der Waals surface area contributed by atoms with Crippen LogP contribution in [0.2, 0.25) is 5.02 Å². The molecule has 4 atom stereocenters. The zero-order valence-corrected chi connectivity index (χ0v) is 21.7. The van der Waals surface area contributed by atoms with Crippen LogP contribution < -0.4 is 15.4 Å². The number of hydrogen-bond acceptors (Lipinski definition) is 7. The molecule has 2 aromatic carbocycles. The van der Waals surface area contributed by atoms with E-state index in [1.54, 1.807) is 0 Å². The zero-order valence-electron chi connectivity index (χ0n) is 20.1. The lowest BCUT2D eigenvalue weighted by Gasteiger charge is -2.30. The van der Waals surface area contributed by atoms with Crippen LogP contribution >= 0.6 is 11.6 Å². The Morgan fingerprint density at radius 1 is 1.18 bits per heavy atom. The minimum absolute atomic E-state index is 0.0334. The molecule has 0 bridgehead atoms. The van der Waals surface area contributed by atoms with E-state index in [-0.39, 0.29) is 35.0 Å². The first-order chi connectivity index (χ1) is 18.6. The van der Waals surface area contributed by atoms with E-state index in [1.807, 2.05) is 0 Å². The Kier molecular flexibility index (Phi) is 7.49. The van der Waals surface area contributed by atoms with Crippen molar-refractivity contribution in [2.45, 2.75) is 23.7 Å². The standard InChI is InChI=1S/C25H20ClF5N4O3S/c1-39(36)25(31)9-17(28)21(29)22(23(25)30)35-19-7-14-18(8-20(19)38-13-4-5-37-10-13)32-11-33-24(14)34-12-2-3-16(27)15(26)6-12/h2-3,6-9,11,13,23,35H,4-5,10H2,1H3,(H,32,33,34)/t13-,23?,25?,39?/m0/s1. The van der Waals surface area contributed by atoms with Crippen molar-refractivity contribution < 1.29 is 35.6 Å². The number of alkyl halides is 2. The quantitative estimate of drug-likeness (QED) is 0.320. The van der Waals surface area contributed by atoms with Crippen molar-refractivity contribution >= 4 is 50.5 Å². The Balaban J connectivity index is 1.60. The Morgan fingerprint density at radius 3 is 2.67 bits per heavy atom. The van der Waals surface area contributed by atoms with Gasteiger partial charge >= 0.3 is 0 Å². The summed E-state index contributed by atoms with van der Waals surface area (Å²) >= 11 is 5.87. The van der Waals surface area contributed by atoms with Gasteiger partial charge in [-0.2, -0.15) is 0 Å². The molecule has 1 aliphatic carbocycles. The highest BCUT2D eigenvalue weighted by molar-refractivity contribution is 7.85. The maximum atomic E-state index is 15.3. The van der Waals surface area contributed by atoms with Crippen molar-refractivity contribution in [3.8, 4) is 5.75 Å². The number of halogens is 6. The lowest BCUT2D eigenvalue weighted by Crippen LogP contribution is -2.42. The maximum Gasteiger partial charge on any atom is 0.242 e. The first kappa shape index (κ1) is 27.3. The molecule has 2 N–H and O–H groups in total. The zero-order chi connectivity index (χ0) is 27.9. The first-order valence-electron chi connectivity index (χ1n) is 11.5. The summed E-state index contributed by atoms with van der Waals surface area (Å²) in [6.45, 7) is 0.689. The number of anilines is 3. The van der Waals surface area contributed by atoms with Crippen molar-refractivity contribution in [2.75, 3.05) is 30.1 Å². The van der Waals surface area contributed by atoms with E-state index in [0.29, 0.717) is 29.6 Å². The molecule has 2 aliphatic rings. The van der Waals surface area contributed by atoms with Crippen LogP contribution in [0, 0.1) is 5.82 Å². The second kappa shape index (κ2) is 10.7. The second-order valence-corrected chi connectivity index (χ2v) is 10.7. The number of rotatable bonds is 7. The lowest BCUT2D eigenvalue weighted by atomic mass is 10.0. The lowest BCUT2D eigenvalue weighted by molar-refractivity contribution is 0.142. The van der Waals surface area contributed by atoms with Crippen LogP contribution in [0.25, 0.3) is 10.9 Å². The van der Waals surface area contributed by atoms with Gasteiger partial charge in [-0.15, -0.1) is 0 Å². The van der Waals surface area contributed by atoms with Crippen LogP contribution in [0.1, 0.15) is 6.42 Å². The average Bonchev–Trinajstić information content (AvgIpc) is 3.41. The molecular weight excluding hydrogens is 567 g/mol. The van der Waals surface area contributed by atoms with Crippen LogP contribution in [0.3, 0.4) is 0 Å². The monoisotopic (exact) mass is 586 g/mol. The Hall–Kier alpha value is -3.29. The first-order valence-corrected chi connectivity index (χ1v) is 13.5. The molecule has 206 valence electrons. The fourth-order valence-electron chi connectivity index (χ4n) is 4.11. The Labute approximate surface area is 226 Å². The molecule has 1 aliphatic heterocycles. The van der Waals surface area contributed by atoms with Crippen molar-refractivity contribution in [3.63, 3.8) is 0 Å². The fourth-order valence-corrected chi connectivity index (χ4v) is 4.97. The third-order valence-corrected chi connectivity index (χ3v) is 7.67. The predicted octanol–water partition coefficient (Wildman–Crippen LogP) is 6.18. The van der Waals surface area contributed by atoms with Crippen molar-refractivity contribution in [1.82, 2.24) is 9.97 Å². The molecule has 2 heterocycles. The van der Waals surface area contributed by atoms with Gasteiger partial charge in [0.1, 0.15) is 29.8 Å². The molecule has 0 spiro atoms. The van der Waals surface area contributed by atoms with Crippen molar-refractivity contribution in [2.24, 2.45) is 0 Å². The molecule has 39 heavy (non-hydrogen) atoms. The van der Waals surface area contributed by atoms with Crippen molar-refractivity contribution in [1.29, 1.82) is 0 Å². The molecular formula is C25H20ClF5N4O3S. The third kappa shape index (κ3) is 5.30. The van der Waals surface area contributed by atoms with Gasteiger partial charge in [0.2, 0.25) is 5.00 Å². The topological polar surface area (TPSA) is 85.4 Å². The van der Waals surface area contributed by atoms with Crippen LogP contribution in [0.15, 0.2) is 60.1 Å². The molecule has 3 unspecified atom stereocenters. The normalized spacial score (nSPS) is 24.0. The average molecular weight is 587 g/mol. The number of aromatic nitrogens is 2. The van der Waals surface area contributed by atoms with E-state index in [9.17, 15) is 17.4 Å². The highest BCUT2D eigenvalue weighted by Gasteiger charge is 2.50. The number of ether oxygens (including phenoxy) is 2. The number of fused-ring (bicyclic) bond motifs is 1. The molecule has 0 amide bonds. The molecule has 1 fully saturated rings. The molecule has 5 rings (SSSR count). The molecule has 1 aromatic heterocycles. The van der Waals surface area contributed by atoms with Gasteiger partial charge in [-0.25, -0.2) is 31.9 Å². The van der Waals surface area contributed by atoms with Crippen LogP contribution in [-0.2, 0) is 15.5 Å². The summed E-state index contributed by atoms with van der Waals surface area (Å²) < 4.78 is 96.4. The number of nitrogens with zero attached hydrogens (tertiary/aromatic N) is 2. The number of hydrogen-bond donors (Lipinski definition) is 2. The maximum absolute atomic E-state index is 15.3. The van der Waals surface area contributed by atoms with E-state index >= 15 is 8.78 Å². The largest absolute Gasteiger partial charge is 0.486 e. The van der Waals surface area contributed by atoms with Crippen LogP contribution in [0.4, 0.5) is 39.1 Å². The Bertz CT molecular complexity index is 1540. The second-order valence-electron chi connectivity index (χ2n) is 8.80. The summed E-state index contributed by atoms with van der Waals surface area (Å²) in [4.78, 5) is 8.41. The minimum atomic E-state index is -3.31. The summed E-state index contributed by atoms with van der Waals surface area (Å²) in [5, 5.41) is 2.25. The third-order valence-electron chi connectivity index (χ3n) is 6.18. The summed E-state index contributed by atoms with van der Waals surface area (Å²) in [6, 6.07) is 6.74. The van der Waals surface area contributed by atoms with E-state index in [0.717, 1.165) is 12.3 Å². The van der Waals surface area contributed by atoms with Crippen LogP contribution in [-0.4, -0.2) is 50.9 Å². The van der Waals surface area contributed by atoms with Crippen molar-refractivity contribution in [3.05, 3.63) is 70.9 Å². The summed E-state index contributed by atoms with van der Waals surface area (Å²) in [6.07, 6.45) is -0.574. The van der Waals surface area contributed by atoms with E-state index in [2.05, 4.69) is 20.6 Å². The molecule has 7 nitrogen and oxygen atoms in total. The van der Waals surface area contributed by atoms with Gasteiger partial charge in [-0.1, -0.05) is 11.6 Å². The van der Waals surface area contributed by atoms with Gasteiger partial charge in [0.05, 0.1) is 45.9 Å². The SMILES string of the molecule is CS(=O)C1(F)C=C(F)C(F)=C(Nc2cc3c(Nc4ccc(F)c(Cl)c4)ncnc3cc2O[C@H]2CCOC2)C1F. The molecule has 14 heteroatoms. The fraction of sp³-hybridized carbons (Fsp3) is 0.280. The number of nitrogens with one attached hydrogen (secondary N) is 2. The van der Waals surface area contributed by atoms with Gasteiger partial charge in [0.25, 0.3) is 0 Å². The smallest absolute Gasteiger partial charge is 0.242 e. The molecule has 0 saturated carbocycles. The molecule has 3 aromatic rings. The van der Waals surface area contributed by atoms with E-state index in [1.165, 1.54) is 30.6 Å². The summed E-state index contributed by atoms with van der Waals surface area (Å²) in [7, 11) is -2.54. The van der Waals surface area contributed by atoms with Gasteiger partial charge < -0.3 is 20.1 Å².